The third kappa shape index (κ3) is 4.31. The maximum Gasteiger partial charge on any atom is 0.345 e. The Bertz CT molecular complexity index is 713. The Balaban J connectivity index is 2.30. The second-order valence-corrected chi connectivity index (χ2v) is 5.09. The van der Waals surface area contributed by atoms with Gasteiger partial charge in [-0.1, -0.05) is 0 Å². The summed E-state index contributed by atoms with van der Waals surface area (Å²) in [6, 6.07) is 3.40. The molecule has 0 saturated heterocycles. The van der Waals surface area contributed by atoms with Gasteiger partial charge in [-0.15, -0.1) is 0 Å². The second-order valence-electron chi connectivity index (χ2n) is 5.09. The van der Waals surface area contributed by atoms with Crippen molar-refractivity contribution in [1.82, 2.24) is 9.97 Å². The highest BCUT2D eigenvalue weighted by Gasteiger charge is 2.21. The van der Waals surface area contributed by atoms with Crippen LogP contribution in [0, 0.1) is 0 Å². The Labute approximate surface area is 139 Å². The highest BCUT2D eigenvalue weighted by Crippen LogP contribution is 2.25. The first-order chi connectivity index (χ1) is 11.5. The van der Waals surface area contributed by atoms with Gasteiger partial charge in [-0.3, -0.25) is 0 Å². The number of ketones is 1. The minimum atomic E-state index is -0.602. The van der Waals surface area contributed by atoms with Crippen LogP contribution in [0.2, 0.25) is 0 Å². The van der Waals surface area contributed by atoms with Crippen molar-refractivity contribution in [1.29, 1.82) is 0 Å². The van der Waals surface area contributed by atoms with E-state index < -0.39 is 5.97 Å². The summed E-state index contributed by atoms with van der Waals surface area (Å²) in [6.07, 6.45) is 2.54. The van der Waals surface area contributed by atoms with Crippen LogP contribution < -0.4 is 11.1 Å². The number of carbonyl (C=O) groups is 2. The van der Waals surface area contributed by atoms with Crippen LogP contribution in [-0.4, -0.2) is 34.9 Å². The highest BCUT2D eigenvalue weighted by atomic mass is 16.5. The van der Waals surface area contributed by atoms with Crippen LogP contribution in [0.5, 0.6) is 0 Å². The van der Waals surface area contributed by atoms with E-state index in [-0.39, 0.29) is 35.4 Å². The van der Waals surface area contributed by atoms with Crippen molar-refractivity contribution in [2.75, 3.05) is 24.2 Å². The summed E-state index contributed by atoms with van der Waals surface area (Å²) in [5.41, 5.74) is 6.00. The zero-order chi connectivity index (χ0) is 17.5. The van der Waals surface area contributed by atoms with E-state index in [0.29, 0.717) is 25.1 Å². The molecule has 128 valence electrons. The van der Waals surface area contributed by atoms with Crippen molar-refractivity contribution in [3.8, 4) is 11.6 Å². The fourth-order valence-corrected chi connectivity index (χ4v) is 2.07. The van der Waals surface area contributed by atoms with Crippen LogP contribution >= 0.6 is 0 Å². The van der Waals surface area contributed by atoms with Gasteiger partial charge < -0.3 is 25.0 Å². The number of nitrogen functional groups attached to an aromatic ring is 1. The van der Waals surface area contributed by atoms with Crippen molar-refractivity contribution >= 4 is 23.4 Å². The molecule has 8 heteroatoms. The Hall–Kier alpha value is -2.90. The molecule has 0 fully saturated rings. The molecule has 3 N–H and O–H groups in total. The predicted molar refractivity (Wildman–Crippen MR) is 88.5 cm³/mol. The molecule has 2 heterocycles. The molecule has 0 saturated carbocycles. The molecule has 2 aromatic rings. The summed E-state index contributed by atoms with van der Waals surface area (Å²) < 4.78 is 10.3. The largest absolute Gasteiger partial charge is 0.462 e. The molecule has 0 aliphatic rings. The Kier molecular flexibility index (Phi) is 5.89. The minimum absolute atomic E-state index is 0.00363. The summed E-state index contributed by atoms with van der Waals surface area (Å²) >= 11 is 0. The molecule has 24 heavy (non-hydrogen) atoms. The van der Waals surface area contributed by atoms with Gasteiger partial charge in [0.2, 0.25) is 0 Å². The van der Waals surface area contributed by atoms with E-state index in [1.807, 2.05) is 0 Å². The summed E-state index contributed by atoms with van der Waals surface area (Å²) in [5, 5.41) is 3.03. The summed E-state index contributed by atoms with van der Waals surface area (Å²) in [4.78, 5) is 31.6. The SMILES string of the molecule is CCOC(=O)c1c(N)nc(-c2ccco2)nc1NCCCC(C)=O. The Morgan fingerprint density at radius 2 is 2.17 bits per heavy atom. The maximum absolute atomic E-state index is 12.1. The molecular weight excluding hydrogens is 312 g/mol. The maximum atomic E-state index is 12.1. The fraction of sp³-hybridized carbons (Fsp3) is 0.375. The van der Waals surface area contributed by atoms with Crippen LogP contribution in [0.3, 0.4) is 0 Å². The van der Waals surface area contributed by atoms with Gasteiger partial charge in [-0.2, -0.15) is 0 Å². The van der Waals surface area contributed by atoms with Crippen molar-refractivity contribution in [2.24, 2.45) is 0 Å². The molecular formula is C16H20N4O4. The van der Waals surface area contributed by atoms with Gasteiger partial charge in [0.25, 0.3) is 0 Å². The van der Waals surface area contributed by atoms with Gasteiger partial charge in [0.1, 0.15) is 23.0 Å². The number of rotatable bonds is 8. The third-order valence-electron chi connectivity index (χ3n) is 3.16. The van der Waals surface area contributed by atoms with Gasteiger partial charge >= 0.3 is 5.97 Å². The fourth-order valence-electron chi connectivity index (χ4n) is 2.07. The average Bonchev–Trinajstić information content (AvgIpc) is 3.05. The first kappa shape index (κ1) is 17.5. The van der Waals surface area contributed by atoms with Gasteiger partial charge in [-0.05, 0) is 32.4 Å². The van der Waals surface area contributed by atoms with E-state index in [2.05, 4.69) is 15.3 Å². The molecule has 0 aromatic carbocycles. The highest BCUT2D eigenvalue weighted by molar-refractivity contribution is 5.99. The van der Waals surface area contributed by atoms with E-state index in [4.69, 9.17) is 14.9 Å². The first-order valence-corrected chi connectivity index (χ1v) is 7.64. The zero-order valence-corrected chi connectivity index (χ0v) is 13.7. The Morgan fingerprint density at radius 1 is 1.38 bits per heavy atom. The van der Waals surface area contributed by atoms with E-state index in [1.165, 1.54) is 13.2 Å². The number of nitrogens with two attached hydrogens (primary N) is 1. The molecule has 0 bridgehead atoms. The molecule has 0 amide bonds. The minimum Gasteiger partial charge on any atom is -0.462 e. The van der Waals surface area contributed by atoms with Crippen molar-refractivity contribution in [3.63, 3.8) is 0 Å². The number of esters is 1. The molecule has 0 radical (unpaired) electrons. The molecule has 0 aliphatic heterocycles. The normalized spacial score (nSPS) is 10.4. The number of ether oxygens (including phenoxy) is 1. The van der Waals surface area contributed by atoms with Crippen LogP contribution in [0.25, 0.3) is 11.6 Å². The average molecular weight is 332 g/mol. The monoisotopic (exact) mass is 332 g/mol. The number of furan rings is 1. The number of anilines is 2. The lowest BCUT2D eigenvalue weighted by atomic mass is 10.2. The van der Waals surface area contributed by atoms with Crippen molar-refractivity contribution in [3.05, 3.63) is 24.0 Å². The lowest BCUT2D eigenvalue weighted by Crippen LogP contribution is -2.17. The third-order valence-corrected chi connectivity index (χ3v) is 3.16. The number of Topliss-reactive ketones (excluding diaryl/α,β-unsaturated/α-hetero) is 1. The molecule has 0 unspecified atom stereocenters. The number of hydrogen-bond donors (Lipinski definition) is 2. The lowest BCUT2D eigenvalue weighted by molar-refractivity contribution is -0.117. The summed E-state index contributed by atoms with van der Waals surface area (Å²) in [5.74, 6) is 0.458. The first-order valence-electron chi connectivity index (χ1n) is 7.64. The molecule has 2 rings (SSSR count). The number of nitrogens with zero attached hydrogens (tertiary/aromatic N) is 2. The van der Waals surface area contributed by atoms with Crippen LogP contribution in [0.4, 0.5) is 11.6 Å². The number of nitrogens with one attached hydrogen (secondary N) is 1. The van der Waals surface area contributed by atoms with Crippen LogP contribution in [0.1, 0.15) is 37.0 Å². The van der Waals surface area contributed by atoms with Gasteiger partial charge in [0.15, 0.2) is 11.6 Å². The van der Waals surface area contributed by atoms with Crippen molar-refractivity contribution < 1.29 is 18.7 Å². The predicted octanol–water partition coefficient (Wildman–Crippen LogP) is 2.28. The lowest BCUT2D eigenvalue weighted by Gasteiger charge is -2.13. The van der Waals surface area contributed by atoms with Crippen molar-refractivity contribution in [2.45, 2.75) is 26.7 Å². The van der Waals surface area contributed by atoms with E-state index in [0.717, 1.165) is 0 Å². The zero-order valence-electron chi connectivity index (χ0n) is 13.7. The van der Waals surface area contributed by atoms with Gasteiger partial charge in [0.05, 0.1) is 12.9 Å². The van der Waals surface area contributed by atoms with Gasteiger partial charge in [-0.25, -0.2) is 14.8 Å². The second kappa shape index (κ2) is 8.09. The number of carbonyl (C=O) groups excluding carboxylic acids is 2. The number of aromatic nitrogens is 2. The molecule has 0 spiro atoms. The number of hydrogen-bond acceptors (Lipinski definition) is 8. The Morgan fingerprint density at radius 3 is 2.79 bits per heavy atom. The van der Waals surface area contributed by atoms with E-state index in [9.17, 15) is 9.59 Å². The quantitative estimate of drug-likeness (QED) is 0.558. The molecule has 0 atom stereocenters. The molecule has 0 aliphatic carbocycles. The van der Waals surface area contributed by atoms with E-state index in [1.54, 1.807) is 19.1 Å². The summed E-state index contributed by atoms with van der Waals surface area (Å²) in [7, 11) is 0. The smallest absolute Gasteiger partial charge is 0.345 e. The van der Waals surface area contributed by atoms with Crippen LogP contribution in [-0.2, 0) is 9.53 Å². The van der Waals surface area contributed by atoms with Gasteiger partial charge in [0, 0.05) is 13.0 Å². The van der Waals surface area contributed by atoms with E-state index >= 15 is 0 Å². The molecule has 8 nitrogen and oxygen atoms in total. The standard InChI is InChI=1S/C16H20N4O4/c1-3-23-16(22)12-13(17)19-14(11-7-5-9-24-11)20-15(12)18-8-4-6-10(2)21/h5,7,9H,3-4,6,8H2,1-2H3,(H3,17,18,19,20). The van der Waals surface area contributed by atoms with Crippen LogP contribution in [0.15, 0.2) is 22.8 Å². The molecule has 2 aromatic heterocycles. The topological polar surface area (TPSA) is 120 Å². The summed E-state index contributed by atoms with van der Waals surface area (Å²) in [6.45, 7) is 3.90.